The molecular weight excluding hydrogens is 367 g/mol. The number of amides is 1. The Morgan fingerprint density at radius 1 is 1.22 bits per heavy atom. The van der Waals surface area contributed by atoms with Crippen LogP contribution in [0.15, 0.2) is 45.6 Å². The summed E-state index contributed by atoms with van der Waals surface area (Å²) in [7, 11) is 0. The topological polar surface area (TPSA) is 42.0 Å². The van der Waals surface area contributed by atoms with E-state index in [2.05, 4.69) is 42.2 Å². The number of aromatic nitrogens is 1. The van der Waals surface area contributed by atoms with Crippen LogP contribution in [0.4, 0.5) is 10.1 Å². The smallest absolute Gasteiger partial charge is 0.257 e. The van der Waals surface area contributed by atoms with Crippen molar-refractivity contribution >= 4 is 43.5 Å². The first-order chi connectivity index (χ1) is 8.56. The van der Waals surface area contributed by atoms with E-state index in [0.29, 0.717) is 20.2 Å². The lowest BCUT2D eigenvalue weighted by Crippen LogP contribution is -2.12. The molecule has 18 heavy (non-hydrogen) atoms. The highest BCUT2D eigenvalue weighted by Gasteiger charge is 2.09. The fraction of sp³-hybridized carbons (Fsp3) is 0. The van der Waals surface area contributed by atoms with Crippen molar-refractivity contribution in [2.24, 2.45) is 0 Å². The molecule has 1 N–H and O–H groups in total. The van der Waals surface area contributed by atoms with Gasteiger partial charge in [-0.1, -0.05) is 0 Å². The third-order valence-electron chi connectivity index (χ3n) is 2.15. The van der Waals surface area contributed by atoms with Crippen molar-refractivity contribution in [3.63, 3.8) is 0 Å². The summed E-state index contributed by atoms with van der Waals surface area (Å²) < 4.78 is 14.1. The molecule has 2 rings (SSSR count). The van der Waals surface area contributed by atoms with Crippen molar-refractivity contribution in [1.82, 2.24) is 4.98 Å². The molecule has 0 spiro atoms. The van der Waals surface area contributed by atoms with Crippen LogP contribution < -0.4 is 5.32 Å². The van der Waals surface area contributed by atoms with Crippen molar-refractivity contribution in [2.45, 2.75) is 0 Å². The first kappa shape index (κ1) is 13.2. The number of pyridine rings is 1. The van der Waals surface area contributed by atoms with Gasteiger partial charge in [-0.25, -0.2) is 4.39 Å². The average Bonchev–Trinajstić information content (AvgIpc) is 2.32. The van der Waals surface area contributed by atoms with Gasteiger partial charge < -0.3 is 5.32 Å². The number of carbonyl (C=O) groups excluding carboxylic acids is 1. The van der Waals surface area contributed by atoms with Gasteiger partial charge in [-0.3, -0.25) is 9.78 Å². The van der Waals surface area contributed by atoms with Crippen LogP contribution in [-0.4, -0.2) is 10.9 Å². The highest BCUT2D eigenvalue weighted by molar-refractivity contribution is 9.10. The molecule has 0 radical (unpaired) electrons. The Labute approximate surface area is 120 Å². The van der Waals surface area contributed by atoms with E-state index in [-0.39, 0.29) is 11.7 Å². The van der Waals surface area contributed by atoms with Gasteiger partial charge in [-0.05, 0) is 56.1 Å². The van der Waals surface area contributed by atoms with Crippen LogP contribution in [0.3, 0.4) is 0 Å². The predicted molar refractivity (Wildman–Crippen MR) is 74.0 cm³/mol. The molecule has 0 bridgehead atoms. The van der Waals surface area contributed by atoms with Gasteiger partial charge in [0.25, 0.3) is 5.91 Å². The summed E-state index contributed by atoms with van der Waals surface area (Å²) in [4.78, 5) is 15.8. The molecule has 0 saturated heterocycles. The fourth-order valence-corrected chi connectivity index (χ4v) is 2.14. The van der Waals surface area contributed by atoms with E-state index in [1.54, 1.807) is 12.3 Å². The molecule has 1 amide bonds. The highest BCUT2D eigenvalue weighted by atomic mass is 79.9. The maximum absolute atomic E-state index is 12.9. The van der Waals surface area contributed by atoms with Crippen molar-refractivity contribution in [2.75, 3.05) is 5.32 Å². The van der Waals surface area contributed by atoms with Crippen LogP contribution in [0.1, 0.15) is 10.4 Å². The van der Waals surface area contributed by atoms with Crippen LogP contribution >= 0.6 is 31.9 Å². The zero-order chi connectivity index (χ0) is 13.1. The maximum Gasteiger partial charge on any atom is 0.257 e. The summed E-state index contributed by atoms with van der Waals surface area (Å²) >= 11 is 6.42. The van der Waals surface area contributed by atoms with Gasteiger partial charge in [-0.2, -0.15) is 0 Å². The number of benzene rings is 1. The highest BCUT2D eigenvalue weighted by Crippen LogP contribution is 2.23. The Hall–Kier alpha value is -1.27. The maximum atomic E-state index is 12.9. The number of rotatable bonds is 2. The Kier molecular flexibility index (Phi) is 4.08. The zero-order valence-corrected chi connectivity index (χ0v) is 12.1. The minimum atomic E-state index is -0.371. The molecule has 0 aliphatic carbocycles. The van der Waals surface area contributed by atoms with Gasteiger partial charge in [0.15, 0.2) is 0 Å². The Morgan fingerprint density at radius 3 is 2.67 bits per heavy atom. The quantitative estimate of drug-likeness (QED) is 0.864. The molecule has 1 heterocycles. The van der Waals surface area contributed by atoms with E-state index >= 15 is 0 Å². The Bertz CT molecular complexity index is 604. The second-order valence-corrected chi connectivity index (χ2v) is 5.24. The summed E-state index contributed by atoms with van der Waals surface area (Å²) in [5.41, 5.74) is 0.918. The SMILES string of the molecule is O=C(Nc1ccc(F)cc1Br)c1cncc(Br)c1. The number of hydrogen-bond donors (Lipinski definition) is 1. The van der Waals surface area contributed by atoms with E-state index in [0.717, 1.165) is 0 Å². The first-order valence-electron chi connectivity index (χ1n) is 4.93. The average molecular weight is 374 g/mol. The van der Waals surface area contributed by atoms with Gasteiger partial charge in [-0.15, -0.1) is 0 Å². The van der Waals surface area contributed by atoms with Gasteiger partial charge in [0, 0.05) is 21.3 Å². The second kappa shape index (κ2) is 5.58. The number of nitrogens with zero attached hydrogens (tertiary/aromatic N) is 1. The molecule has 2 aromatic rings. The van der Waals surface area contributed by atoms with Crippen molar-refractivity contribution in [3.8, 4) is 0 Å². The lowest BCUT2D eigenvalue weighted by molar-refractivity contribution is 0.102. The standard InChI is InChI=1S/C12H7Br2FN2O/c13-8-3-7(5-16-6-8)12(18)17-11-2-1-9(15)4-10(11)14/h1-6H,(H,17,18). The molecule has 1 aromatic carbocycles. The molecule has 0 fully saturated rings. The number of carbonyl (C=O) groups is 1. The van der Waals surface area contributed by atoms with Crippen LogP contribution in [0.25, 0.3) is 0 Å². The van der Waals surface area contributed by atoms with Crippen molar-refractivity contribution in [3.05, 3.63) is 57.0 Å². The summed E-state index contributed by atoms with van der Waals surface area (Å²) in [6, 6.07) is 5.71. The number of halogens is 3. The van der Waals surface area contributed by atoms with Gasteiger partial charge in [0.2, 0.25) is 0 Å². The minimum absolute atomic E-state index is 0.309. The number of hydrogen-bond acceptors (Lipinski definition) is 2. The number of anilines is 1. The normalized spacial score (nSPS) is 10.2. The summed E-state index contributed by atoms with van der Waals surface area (Å²) in [5, 5.41) is 2.67. The summed E-state index contributed by atoms with van der Waals surface area (Å²) in [6.45, 7) is 0. The molecule has 3 nitrogen and oxygen atoms in total. The second-order valence-electron chi connectivity index (χ2n) is 3.47. The van der Waals surface area contributed by atoms with E-state index in [4.69, 9.17) is 0 Å². The minimum Gasteiger partial charge on any atom is -0.321 e. The van der Waals surface area contributed by atoms with Crippen molar-refractivity contribution in [1.29, 1.82) is 0 Å². The molecule has 0 saturated carbocycles. The van der Waals surface area contributed by atoms with E-state index in [9.17, 15) is 9.18 Å². The van der Waals surface area contributed by atoms with Gasteiger partial charge in [0.05, 0.1) is 11.3 Å². The van der Waals surface area contributed by atoms with Crippen molar-refractivity contribution < 1.29 is 9.18 Å². The largest absolute Gasteiger partial charge is 0.321 e. The van der Waals surface area contributed by atoms with Gasteiger partial charge >= 0.3 is 0 Å². The molecule has 0 unspecified atom stereocenters. The fourth-order valence-electron chi connectivity index (χ4n) is 1.32. The van der Waals surface area contributed by atoms with Gasteiger partial charge in [0.1, 0.15) is 5.82 Å². The van der Waals surface area contributed by atoms with Crippen LogP contribution in [0.2, 0.25) is 0 Å². The molecule has 6 heteroatoms. The number of nitrogens with one attached hydrogen (secondary N) is 1. The predicted octanol–water partition coefficient (Wildman–Crippen LogP) is 4.00. The molecule has 0 atom stereocenters. The summed E-state index contributed by atoms with van der Waals surface area (Å²) in [6.07, 6.45) is 3.04. The zero-order valence-electron chi connectivity index (χ0n) is 8.95. The first-order valence-corrected chi connectivity index (χ1v) is 6.52. The van der Waals surface area contributed by atoms with E-state index in [1.165, 1.54) is 24.4 Å². The molecule has 1 aromatic heterocycles. The Balaban J connectivity index is 2.21. The molecular formula is C12H7Br2FN2O. The van der Waals surface area contributed by atoms with E-state index < -0.39 is 0 Å². The summed E-state index contributed by atoms with van der Waals surface area (Å²) in [5.74, 6) is -0.680. The molecule has 92 valence electrons. The van der Waals surface area contributed by atoms with Crippen LogP contribution in [-0.2, 0) is 0 Å². The van der Waals surface area contributed by atoms with Crippen LogP contribution in [0.5, 0.6) is 0 Å². The lowest BCUT2D eigenvalue weighted by Gasteiger charge is -2.07. The molecule has 0 aliphatic heterocycles. The van der Waals surface area contributed by atoms with E-state index in [1.807, 2.05) is 0 Å². The van der Waals surface area contributed by atoms with Crippen LogP contribution in [0, 0.1) is 5.82 Å². The monoisotopic (exact) mass is 372 g/mol. The lowest BCUT2D eigenvalue weighted by atomic mass is 10.2. The Morgan fingerprint density at radius 2 is 2.00 bits per heavy atom. The third kappa shape index (κ3) is 3.14. The third-order valence-corrected chi connectivity index (χ3v) is 3.24. The molecule has 0 aliphatic rings.